The Balaban J connectivity index is 2.33. The van der Waals surface area contributed by atoms with Gasteiger partial charge in [-0.25, -0.2) is 4.98 Å². The number of H-pyrrole nitrogens is 1. The topological polar surface area (TPSA) is 66.0 Å². The van der Waals surface area contributed by atoms with Gasteiger partial charge in [-0.1, -0.05) is 35.0 Å². The molecule has 0 bridgehead atoms. The second kappa shape index (κ2) is 5.57. The minimum atomic E-state index is -0.814. The summed E-state index contributed by atoms with van der Waals surface area (Å²) in [5.41, 5.74) is 2.83. The third kappa shape index (κ3) is 3.23. The maximum atomic E-state index is 10.7. The Labute approximate surface area is 120 Å². The number of carboxylic acid groups (broad SMARTS) is 1. The average Bonchev–Trinajstić information content (AvgIpc) is 2.70. The van der Waals surface area contributed by atoms with Gasteiger partial charge >= 0.3 is 5.97 Å². The summed E-state index contributed by atoms with van der Waals surface area (Å²) < 4.78 is 0.993. The molecule has 0 radical (unpaired) electrons. The Kier molecular flexibility index (Phi) is 4.04. The number of aromatic amines is 1. The van der Waals surface area contributed by atoms with E-state index in [0.717, 1.165) is 27.2 Å². The van der Waals surface area contributed by atoms with Crippen molar-refractivity contribution in [2.75, 3.05) is 0 Å². The minimum Gasteiger partial charge on any atom is -0.481 e. The highest BCUT2D eigenvalue weighted by Crippen LogP contribution is 2.27. The zero-order valence-electron chi connectivity index (χ0n) is 10.8. The van der Waals surface area contributed by atoms with Gasteiger partial charge in [0.15, 0.2) is 0 Å². The van der Waals surface area contributed by atoms with Crippen molar-refractivity contribution in [1.82, 2.24) is 9.97 Å². The molecule has 1 atom stereocenters. The first-order chi connectivity index (χ1) is 8.97. The minimum absolute atomic E-state index is 0.0743. The summed E-state index contributed by atoms with van der Waals surface area (Å²) in [6, 6.07) is 7.89. The van der Waals surface area contributed by atoms with Crippen LogP contribution >= 0.6 is 15.9 Å². The number of carbonyl (C=O) groups is 1. The first-order valence-electron chi connectivity index (χ1n) is 6.01. The van der Waals surface area contributed by atoms with Crippen LogP contribution in [0.5, 0.6) is 0 Å². The van der Waals surface area contributed by atoms with Crippen LogP contribution in [0.4, 0.5) is 0 Å². The van der Waals surface area contributed by atoms with Crippen LogP contribution in [0.2, 0.25) is 0 Å². The van der Waals surface area contributed by atoms with E-state index < -0.39 is 5.97 Å². The summed E-state index contributed by atoms with van der Waals surface area (Å²) in [6.45, 7) is 3.80. The second-order valence-electron chi connectivity index (χ2n) is 4.60. The lowest BCUT2D eigenvalue weighted by Crippen LogP contribution is -2.04. The van der Waals surface area contributed by atoms with Crippen LogP contribution in [0.1, 0.15) is 30.8 Å². The van der Waals surface area contributed by atoms with E-state index in [0.29, 0.717) is 0 Å². The first kappa shape index (κ1) is 13.8. The molecule has 0 amide bonds. The first-order valence-corrected chi connectivity index (χ1v) is 6.81. The van der Waals surface area contributed by atoms with E-state index in [1.165, 1.54) is 0 Å². The predicted octanol–water partition coefficient (Wildman–Crippen LogP) is 3.73. The molecule has 0 fully saturated rings. The van der Waals surface area contributed by atoms with E-state index in [4.69, 9.17) is 5.11 Å². The number of halogens is 1. The standard InChI is InChI=1S/C14H15BrN2O2/c1-8(6-12(18)19)14-16-9(2)13(17-14)10-4-3-5-11(15)7-10/h3-5,7-8H,6H2,1-2H3,(H,16,17)(H,18,19). The highest BCUT2D eigenvalue weighted by Gasteiger charge is 2.16. The Hall–Kier alpha value is -1.62. The molecule has 4 nitrogen and oxygen atoms in total. The van der Waals surface area contributed by atoms with Gasteiger partial charge in [0.2, 0.25) is 0 Å². The number of carboxylic acids is 1. The van der Waals surface area contributed by atoms with Crippen LogP contribution in [0.15, 0.2) is 28.7 Å². The van der Waals surface area contributed by atoms with Crippen LogP contribution in [0.25, 0.3) is 11.3 Å². The SMILES string of the molecule is Cc1[nH]c(C(C)CC(=O)O)nc1-c1cccc(Br)c1. The zero-order valence-corrected chi connectivity index (χ0v) is 12.4. The van der Waals surface area contributed by atoms with Crippen molar-refractivity contribution in [3.63, 3.8) is 0 Å². The lowest BCUT2D eigenvalue weighted by molar-refractivity contribution is -0.137. The van der Waals surface area contributed by atoms with Crippen LogP contribution in [0.3, 0.4) is 0 Å². The molecule has 1 aromatic heterocycles. The lowest BCUT2D eigenvalue weighted by Gasteiger charge is -2.03. The molecule has 100 valence electrons. The number of aryl methyl sites for hydroxylation is 1. The molecule has 0 saturated heterocycles. The van der Waals surface area contributed by atoms with Crippen molar-refractivity contribution >= 4 is 21.9 Å². The van der Waals surface area contributed by atoms with Gasteiger partial charge in [0.25, 0.3) is 0 Å². The summed E-state index contributed by atoms with van der Waals surface area (Å²) in [4.78, 5) is 18.5. The number of rotatable bonds is 4. The van der Waals surface area contributed by atoms with E-state index >= 15 is 0 Å². The van der Waals surface area contributed by atoms with E-state index in [-0.39, 0.29) is 12.3 Å². The third-order valence-electron chi connectivity index (χ3n) is 2.95. The van der Waals surface area contributed by atoms with Gasteiger partial charge in [-0.05, 0) is 19.1 Å². The maximum absolute atomic E-state index is 10.7. The Bertz CT molecular complexity index is 607. The fourth-order valence-corrected chi connectivity index (χ4v) is 2.39. The number of hydrogen-bond donors (Lipinski definition) is 2. The van der Waals surface area contributed by atoms with Gasteiger partial charge < -0.3 is 10.1 Å². The largest absolute Gasteiger partial charge is 0.481 e. The Morgan fingerprint density at radius 3 is 2.89 bits per heavy atom. The van der Waals surface area contributed by atoms with Crippen LogP contribution in [-0.2, 0) is 4.79 Å². The van der Waals surface area contributed by atoms with Crippen molar-refractivity contribution in [2.45, 2.75) is 26.2 Å². The van der Waals surface area contributed by atoms with E-state index in [9.17, 15) is 4.79 Å². The molecule has 0 saturated carbocycles. The Morgan fingerprint density at radius 2 is 2.26 bits per heavy atom. The molecular formula is C14H15BrN2O2. The van der Waals surface area contributed by atoms with E-state index in [1.54, 1.807) is 0 Å². The maximum Gasteiger partial charge on any atom is 0.304 e. The van der Waals surface area contributed by atoms with Gasteiger partial charge in [-0.2, -0.15) is 0 Å². The fourth-order valence-electron chi connectivity index (χ4n) is 1.99. The average molecular weight is 323 g/mol. The summed E-state index contributed by atoms with van der Waals surface area (Å²) in [5.74, 6) is -0.225. The third-order valence-corrected chi connectivity index (χ3v) is 3.44. The smallest absolute Gasteiger partial charge is 0.304 e. The summed E-state index contributed by atoms with van der Waals surface area (Å²) >= 11 is 3.44. The van der Waals surface area contributed by atoms with Gasteiger partial charge in [0, 0.05) is 21.6 Å². The number of nitrogens with zero attached hydrogens (tertiary/aromatic N) is 1. The molecule has 2 N–H and O–H groups in total. The van der Waals surface area contributed by atoms with Gasteiger partial charge in [-0.15, -0.1) is 0 Å². The molecule has 0 spiro atoms. The second-order valence-corrected chi connectivity index (χ2v) is 5.52. The Morgan fingerprint density at radius 1 is 1.53 bits per heavy atom. The quantitative estimate of drug-likeness (QED) is 0.901. The molecule has 5 heteroatoms. The fraction of sp³-hybridized carbons (Fsp3) is 0.286. The lowest BCUT2D eigenvalue weighted by atomic mass is 10.1. The van der Waals surface area contributed by atoms with E-state index in [2.05, 4.69) is 25.9 Å². The van der Waals surface area contributed by atoms with Crippen LogP contribution in [0, 0.1) is 6.92 Å². The monoisotopic (exact) mass is 322 g/mol. The molecule has 19 heavy (non-hydrogen) atoms. The highest BCUT2D eigenvalue weighted by atomic mass is 79.9. The molecule has 1 unspecified atom stereocenters. The van der Waals surface area contributed by atoms with Crippen molar-refractivity contribution < 1.29 is 9.90 Å². The van der Waals surface area contributed by atoms with Crippen molar-refractivity contribution in [3.05, 3.63) is 40.3 Å². The molecule has 2 aromatic rings. The van der Waals surface area contributed by atoms with Crippen LogP contribution < -0.4 is 0 Å². The number of aliphatic carboxylic acids is 1. The summed E-state index contributed by atoms with van der Waals surface area (Å²) in [7, 11) is 0. The molecule has 1 heterocycles. The van der Waals surface area contributed by atoms with Crippen LogP contribution in [-0.4, -0.2) is 21.0 Å². The molecular weight excluding hydrogens is 308 g/mol. The van der Waals surface area contributed by atoms with E-state index in [1.807, 2.05) is 38.1 Å². The molecule has 0 aliphatic carbocycles. The predicted molar refractivity (Wildman–Crippen MR) is 77.1 cm³/mol. The number of hydrogen-bond acceptors (Lipinski definition) is 2. The van der Waals surface area contributed by atoms with Crippen molar-refractivity contribution in [3.8, 4) is 11.3 Å². The molecule has 0 aliphatic heterocycles. The molecule has 0 aliphatic rings. The number of benzene rings is 1. The number of imidazole rings is 1. The summed E-state index contributed by atoms with van der Waals surface area (Å²) in [5, 5.41) is 8.83. The van der Waals surface area contributed by atoms with Gasteiger partial charge in [-0.3, -0.25) is 4.79 Å². The number of aromatic nitrogens is 2. The summed E-state index contributed by atoms with van der Waals surface area (Å²) in [6.07, 6.45) is 0.0743. The molecule has 2 rings (SSSR count). The van der Waals surface area contributed by atoms with Gasteiger partial charge in [0.05, 0.1) is 12.1 Å². The van der Waals surface area contributed by atoms with Gasteiger partial charge in [0.1, 0.15) is 5.82 Å². The van der Waals surface area contributed by atoms with Crippen molar-refractivity contribution in [1.29, 1.82) is 0 Å². The molecule has 1 aromatic carbocycles. The normalized spacial score (nSPS) is 12.4. The number of nitrogens with one attached hydrogen (secondary N) is 1. The highest BCUT2D eigenvalue weighted by molar-refractivity contribution is 9.10. The van der Waals surface area contributed by atoms with Crippen molar-refractivity contribution in [2.24, 2.45) is 0 Å². The zero-order chi connectivity index (χ0) is 14.0.